The van der Waals surface area contributed by atoms with Crippen molar-refractivity contribution in [1.82, 2.24) is 4.98 Å². The second-order valence-electron chi connectivity index (χ2n) is 5.61. The Morgan fingerprint density at radius 1 is 1.42 bits per heavy atom. The van der Waals surface area contributed by atoms with Crippen LogP contribution in [0.25, 0.3) is 0 Å². The first-order chi connectivity index (χ1) is 8.78. The fourth-order valence-electron chi connectivity index (χ4n) is 2.07. The quantitative estimate of drug-likeness (QED) is 0.844. The average Bonchev–Trinajstić information content (AvgIpc) is 2.69. The third kappa shape index (κ3) is 3.12. The van der Waals surface area contributed by atoms with Crippen LogP contribution < -0.4 is 0 Å². The van der Waals surface area contributed by atoms with Crippen LogP contribution in [0.3, 0.4) is 0 Å². The van der Waals surface area contributed by atoms with E-state index in [1.807, 2.05) is 0 Å². The van der Waals surface area contributed by atoms with Crippen molar-refractivity contribution in [3.8, 4) is 0 Å². The van der Waals surface area contributed by atoms with Crippen molar-refractivity contribution in [3.05, 3.63) is 15.6 Å². The van der Waals surface area contributed by atoms with E-state index in [2.05, 4.69) is 4.98 Å². The van der Waals surface area contributed by atoms with Crippen LogP contribution in [0.4, 0.5) is 0 Å². The Bertz CT molecular complexity index is 515. The number of hydrogen-bond acceptors (Lipinski definition) is 5. The van der Waals surface area contributed by atoms with Gasteiger partial charge in [-0.15, -0.1) is 11.3 Å². The molecule has 0 saturated heterocycles. The molecule has 104 valence electrons. The topological polar surface area (TPSA) is 76.5 Å². The van der Waals surface area contributed by atoms with E-state index in [1.54, 1.807) is 20.8 Å². The minimum Gasteiger partial charge on any atom is -0.481 e. The number of fused-ring (bicyclic) bond motifs is 1. The van der Waals surface area contributed by atoms with Crippen LogP contribution in [-0.2, 0) is 16.0 Å². The van der Waals surface area contributed by atoms with Crippen LogP contribution in [0, 0.1) is 0 Å². The molecular weight excluding hydrogens is 266 g/mol. The van der Waals surface area contributed by atoms with Crippen molar-refractivity contribution >= 4 is 23.3 Å². The van der Waals surface area contributed by atoms with Crippen LogP contribution >= 0.6 is 11.3 Å². The van der Waals surface area contributed by atoms with Gasteiger partial charge in [0.25, 0.3) is 0 Å². The summed E-state index contributed by atoms with van der Waals surface area (Å²) in [6, 6.07) is 0. The van der Waals surface area contributed by atoms with Crippen molar-refractivity contribution in [3.63, 3.8) is 0 Å². The Morgan fingerprint density at radius 3 is 2.68 bits per heavy atom. The van der Waals surface area contributed by atoms with E-state index in [9.17, 15) is 9.59 Å². The lowest BCUT2D eigenvalue weighted by Gasteiger charge is -2.18. The summed E-state index contributed by atoms with van der Waals surface area (Å²) in [5.74, 6) is -1.94. The summed E-state index contributed by atoms with van der Waals surface area (Å²) in [5, 5.41) is 9.43. The predicted octanol–water partition coefficient (Wildman–Crippen LogP) is 2.60. The zero-order valence-electron chi connectivity index (χ0n) is 11.2. The number of carbonyl (C=O) groups is 2. The number of nitrogens with zero attached hydrogens (tertiary/aromatic N) is 1. The van der Waals surface area contributed by atoms with Crippen molar-refractivity contribution in [2.45, 2.75) is 51.6 Å². The first-order valence-corrected chi connectivity index (χ1v) is 7.05. The van der Waals surface area contributed by atoms with Crippen LogP contribution in [0.1, 0.15) is 59.9 Å². The maximum absolute atomic E-state index is 11.9. The van der Waals surface area contributed by atoms with Crippen molar-refractivity contribution < 1.29 is 19.4 Å². The van der Waals surface area contributed by atoms with Gasteiger partial charge in [0, 0.05) is 4.88 Å². The summed E-state index contributed by atoms with van der Waals surface area (Å²) in [4.78, 5) is 28.2. The monoisotopic (exact) mass is 283 g/mol. The fraction of sp³-hybridized carbons (Fsp3) is 0.615. The van der Waals surface area contributed by atoms with E-state index < -0.39 is 23.5 Å². The minimum absolute atomic E-state index is 0.257. The lowest BCUT2D eigenvalue weighted by atomic mass is 9.91. The van der Waals surface area contributed by atoms with Gasteiger partial charge in [0.2, 0.25) is 5.01 Å². The third-order valence-corrected chi connectivity index (χ3v) is 3.94. The summed E-state index contributed by atoms with van der Waals surface area (Å²) < 4.78 is 5.26. The maximum Gasteiger partial charge on any atom is 0.367 e. The van der Waals surface area contributed by atoms with Crippen LogP contribution in [0.15, 0.2) is 0 Å². The molecule has 1 heterocycles. The molecule has 6 heteroatoms. The molecule has 1 aromatic heterocycles. The summed E-state index contributed by atoms with van der Waals surface area (Å²) in [7, 11) is 0. The van der Waals surface area contributed by atoms with Crippen LogP contribution in [-0.4, -0.2) is 27.6 Å². The molecule has 2 rings (SSSR count). The molecule has 1 aliphatic carbocycles. The van der Waals surface area contributed by atoms with Crippen molar-refractivity contribution in [2.24, 2.45) is 0 Å². The van der Waals surface area contributed by atoms with E-state index in [0.29, 0.717) is 12.1 Å². The highest BCUT2D eigenvalue weighted by Gasteiger charge is 2.32. The number of carboxylic acid groups (broad SMARTS) is 1. The highest BCUT2D eigenvalue weighted by atomic mass is 32.1. The molecule has 0 unspecified atom stereocenters. The first-order valence-electron chi connectivity index (χ1n) is 6.23. The molecule has 1 atom stereocenters. The van der Waals surface area contributed by atoms with Gasteiger partial charge in [0.1, 0.15) is 11.5 Å². The minimum atomic E-state index is -0.873. The molecule has 0 fully saturated rings. The van der Waals surface area contributed by atoms with Gasteiger partial charge in [0.05, 0.1) is 5.69 Å². The molecule has 1 N–H and O–H groups in total. The number of aliphatic carboxylic acids is 1. The number of hydrogen-bond donors (Lipinski definition) is 1. The number of carboxylic acids is 1. The van der Waals surface area contributed by atoms with Crippen LogP contribution in [0.5, 0.6) is 0 Å². The lowest BCUT2D eigenvalue weighted by molar-refractivity contribution is -0.139. The Morgan fingerprint density at radius 2 is 2.11 bits per heavy atom. The third-order valence-electron chi connectivity index (χ3n) is 2.83. The molecule has 0 saturated carbocycles. The number of esters is 1. The standard InChI is InChI=1S/C13H17NO4S/c1-13(2,3)18-12(17)10-14-9-7(11(15)16)5-4-6-8(9)19-10/h7H,4-6H2,1-3H3,(H,15,16)/t7-/m0/s1. The van der Waals surface area contributed by atoms with E-state index in [4.69, 9.17) is 9.84 Å². The zero-order valence-corrected chi connectivity index (χ0v) is 12.0. The van der Waals surface area contributed by atoms with Crippen molar-refractivity contribution in [2.75, 3.05) is 0 Å². The van der Waals surface area contributed by atoms with Gasteiger partial charge in [-0.25, -0.2) is 9.78 Å². The number of thiazole rings is 1. The average molecular weight is 283 g/mol. The molecule has 5 nitrogen and oxygen atoms in total. The summed E-state index contributed by atoms with van der Waals surface area (Å²) in [6.07, 6.45) is 2.19. The van der Waals surface area contributed by atoms with Crippen molar-refractivity contribution in [1.29, 1.82) is 0 Å². The molecule has 0 radical (unpaired) electrons. The largest absolute Gasteiger partial charge is 0.481 e. The molecule has 0 aliphatic heterocycles. The lowest BCUT2D eigenvalue weighted by Crippen LogP contribution is -2.24. The number of ether oxygens (including phenoxy) is 1. The second-order valence-corrected chi connectivity index (χ2v) is 6.70. The number of carbonyl (C=O) groups excluding carboxylic acids is 1. The second kappa shape index (κ2) is 4.92. The van der Waals surface area contributed by atoms with Gasteiger partial charge in [-0.2, -0.15) is 0 Å². The number of aromatic nitrogens is 1. The molecule has 0 bridgehead atoms. The number of rotatable bonds is 2. The van der Waals surface area contributed by atoms with E-state index >= 15 is 0 Å². The van der Waals surface area contributed by atoms with Gasteiger partial charge in [-0.05, 0) is 40.0 Å². The summed E-state index contributed by atoms with van der Waals surface area (Å²) >= 11 is 1.26. The van der Waals surface area contributed by atoms with Gasteiger partial charge < -0.3 is 9.84 Å². The Labute approximate surface area is 115 Å². The molecule has 1 aliphatic rings. The smallest absolute Gasteiger partial charge is 0.367 e. The molecular formula is C13H17NO4S. The zero-order chi connectivity index (χ0) is 14.2. The SMILES string of the molecule is CC(C)(C)OC(=O)c1nc2c(s1)CCC[C@@H]2C(=O)O. The molecule has 1 aromatic rings. The Kier molecular flexibility index (Phi) is 3.62. The predicted molar refractivity (Wildman–Crippen MR) is 70.6 cm³/mol. The molecule has 19 heavy (non-hydrogen) atoms. The first kappa shape index (κ1) is 14.0. The molecule has 0 amide bonds. The maximum atomic E-state index is 11.9. The summed E-state index contributed by atoms with van der Waals surface area (Å²) in [6.45, 7) is 5.37. The number of aryl methyl sites for hydroxylation is 1. The fourth-order valence-corrected chi connectivity index (χ4v) is 3.11. The van der Waals surface area contributed by atoms with Gasteiger partial charge >= 0.3 is 11.9 Å². The van der Waals surface area contributed by atoms with Crippen LogP contribution in [0.2, 0.25) is 0 Å². The van der Waals surface area contributed by atoms with E-state index in [-0.39, 0.29) is 5.01 Å². The Hall–Kier alpha value is -1.43. The van der Waals surface area contributed by atoms with E-state index in [1.165, 1.54) is 11.3 Å². The highest BCUT2D eigenvalue weighted by Crippen LogP contribution is 2.35. The highest BCUT2D eigenvalue weighted by molar-refractivity contribution is 7.13. The molecule has 0 spiro atoms. The van der Waals surface area contributed by atoms with Gasteiger partial charge in [-0.1, -0.05) is 0 Å². The summed E-state index contributed by atoms with van der Waals surface area (Å²) in [5.41, 5.74) is -0.0280. The van der Waals surface area contributed by atoms with Gasteiger partial charge in [-0.3, -0.25) is 4.79 Å². The molecule has 0 aromatic carbocycles. The van der Waals surface area contributed by atoms with Gasteiger partial charge in [0.15, 0.2) is 0 Å². The Balaban J connectivity index is 2.26. The normalized spacial score (nSPS) is 18.8. The van der Waals surface area contributed by atoms with E-state index in [0.717, 1.165) is 17.7 Å².